The van der Waals surface area contributed by atoms with Crippen molar-refractivity contribution in [3.8, 4) is 11.4 Å². The van der Waals surface area contributed by atoms with Gasteiger partial charge in [0.15, 0.2) is 11.0 Å². The minimum atomic E-state index is -0.250. The smallest absolute Gasteiger partial charge is 0.290 e. The predicted molar refractivity (Wildman–Crippen MR) is 82.0 cm³/mol. The number of hydrogen-bond acceptors (Lipinski definition) is 6. The van der Waals surface area contributed by atoms with Crippen LogP contribution in [0.3, 0.4) is 0 Å². The molecule has 0 spiro atoms. The molecular weight excluding hydrogens is 290 g/mol. The van der Waals surface area contributed by atoms with Crippen LogP contribution in [-0.4, -0.2) is 31.3 Å². The number of carboxylic acid groups (broad SMARTS) is 1. The van der Waals surface area contributed by atoms with E-state index in [4.69, 9.17) is 15.6 Å². The Bertz CT molecular complexity index is 737. The van der Waals surface area contributed by atoms with Gasteiger partial charge in [-0.15, -0.1) is 0 Å². The molecule has 0 bridgehead atoms. The summed E-state index contributed by atoms with van der Waals surface area (Å²) < 4.78 is 3.01. The molecule has 21 heavy (non-hydrogen) atoms. The number of hydrogen-bond donors (Lipinski definition) is 2. The number of nitrogens with two attached hydrogens (primary N) is 1. The lowest BCUT2D eigenvalue weighted by Crippen LogP contribution is -2.01. The average molecular weight is 305 g/mol. The lowest BCUT2D eigenvalue weighted by Gasteiger charge is -2.04. The standard InChI is InChI=1S/C12H13N5S.CH2O2/c1-2-5-17-11(14-7-15-17)8-3-4-10-9(6-8)16-12(13)18-10;2-1-3/h3-4,6-7H,2,5H2,1H3,(H2,13,16);1H,(H,2,3). The summed E-state index contributed by atoms with van der Waals surface area (Å²) in [6.45, 7) is 2.74. The van der Waals surface area contributed by atoms with Crippen LogP contribution in [0.5, 0.6) is 0 Å². The molecule has 0 saturated heterocycles. The Kier molecular flexibility index (Phi) is 4.83. The number of nitrogen functional groups attached to an aromatic ring is 1. The quantitative estimate of drug-likeness (QED) is 0.719. The van der Waals surface area contributed by atoms with Gasteiger partial charge in [0.25, 0.3) is 6.47 Å². The molecule has 0 amide bonds. The first kappa shape index (κ1) is 14.9. The van der Waals surface area contributed by atoms with Crippen LogP contribution in [0.4, 0.5) is 5.13 Å². The summed E-state index contributed by atoms with van der Waals surface area (Å²) in [5.74, 6) is 0.880. The SMILES string of the molecule is CCCn1ncnc1-c1ccc2sc(N)nc2c1.O=CO. The maximum atomic E-state index is 8.36. The minimum Gasteiger partial charge on any atom is -0.483 e. The zero-order valence-corrected chi connectivity index (χ0v) is 12.2. The summed E-state index contributed by atoms with van der Waals surface area (Å²) >= 11 is 1.50. The van der Waals surface area contributed by atoms with Gasteiger partial charge in [-0.3, -0.25) is 4.79 Å². The molecular formula is C13H15N5O2S. The largest absolute Gasteiger partial charge is 0.483 e. The molecule has 1 aromatic carbocycles. The predicted octanol–water partition coefficient (Wildman–Crippen LogP) is 2.25. The summed E-state index contributed by atoms with van der Waals surface area (Å²) in [5, 5.41) is 11.7. The molecule has 0 unspecified atom stereocenters. The molecule has 3 N–H and O–H groups in total. The number of anilines is 1. The van der Waals surface area contributed by atoms with Crippen molar-refractivity contribution >= 4 is 33.2 Å². The topological polar surface area (TPSA) is 107 Å². The van der Waals surface area contributed by atoms with E-state index in [-0.39, 0.29) is 6.47 Å². The number of aromatic nitrogens is 4. The number of carbonyl (C=O) groups is 1. The maximum absolute atomic E-state index is 8.36. The lowest BCUT2D eigenvalue weighted by atomic mass is 10.2. The fourth-order valence-corrected chi connectivity index (χ4v) is 2.66. The molecule has 3 aromatic rings. The molecule has 0 atom stereocenters. The number of fused-ring (bicyclic) bond motifs is 1. The molecule has 0 radical (unpaired) electrons. The number of nitrogens with zero attached hydrogens (tertiary/aromatic N) is 4. The van der Waals surface area contributed by atoms with Gasteiger partial charge in [-0.05, 0) is 24.6 Å². The van der Waals surface area contributed by atoms with Crippen molar-refractivity contribution < 1.29 is 9.90 Å². The van der Waals surface area contributed by atoms with Gasteiger partial charge in [0.2, 0.25) is 0 Å². The van der Waals surface area contributed by atoms with Crippen molar-refractivity contribution in [2.45, 2.75) is 19.9 Å². The van der Waals surface area contributed by atoms with Crippen molar-refractivity contribution in [2.75, 3.05) is 5.73 Å². The highest BCUT2D eigenvalue weighted by Gasteiger charge is 2.09. The lowest BCUT2D eigenvalue weighted by molar-refractivity contribution is -0.122. The number of aryl methyl sites for hydroxylation is 1. The van der Waals surface area contributed by atoms with Crippen LogP contribution < -0.4 is 5.73 Å². The van der Waals surface area contributed by atoms with Gasteiger partial charge >= 0.3 is 0 Å². The van der Waals surface area contributed by atoms with Gasteiger partial charge in [-0.1, -0.05) is 18.3 Å². The fraction of sp³-hybridized carbons (Fsp3) is 0.231. The molecule has 0 aliphatic carbocycles. The second kappa shape index (κ2) is 6.80. The Morgan fingerprint density at radius 3 is 2.95 bits per heavy atom. The van der Waals surface area contributed by atoms with E-state index in [1.54, 1.807) is 6.33 Å². The molecule has 2 heterocycles. The molecule has 2 aromatic heterocycles. The number of rotatable bonds is 3. The van der Waals surface area contributed by atoms with Crippen LogP contribution in [0, 0.1) is 0 Å². The second-order valence-corrected chi connectivity index (χ2v) is 5.21. The summed E-state index contributed by atoms with van der Waals surface area (Å²) in [6.07, 6.45) is 2.62. The zero-order valence-electron chi connectivity index (χ0n) is 11.4. The van der Waals surface area contributed by atoms with Crippen molar-refractivity contribution in [1.82, 2.24) is 19.7 Å². The third kappa shape index (κ3) is 3.34. The Morgan fingerprint density at radius 1 is 1.48 bits per heavy atom. The highest BCUT2D eigenvalue weighted by molar-refractivity contribution is 7.22. The fourth-order valence-electron chi connectivity index (χ4n) is 1.95. The van der Waals surface area contributed by atoms with E-state index < -0.39 is 0 Å². The third-order valence-corrected chi connectivity index (χ3v) is 3.58. The first-order valence-corrected chi connectivity index (χ1v) is 7.13. The molecule has 3 rings (SSSR count). The molecule has 0 aliphatic rings. The van der Waals surface area contributed by atoms with E-state index >= 15 is 0 Å². The normalized spacial score (nSPS) is 10.1. The van der Waals surface area contributed by atoms with Crippen LogP contribution >= 0.6 is 11.3 Å². The van der Waals surface area contributed by atoms with E-state index in [0.29, 0.717) is 5.13 Å². The third-order valence-electron chi connectivity index (χ3n) is 2.71. The van der Waals surface area contributed by atoms with Crippen LogP contribution in [0.2, 0.25) is 0 Å². The van der Waals surface area contributed by atoms with E-state index in [2.05, 4.69) is 22.0 Å². The molecule has 7 nitrogen and oxygen atoms in total. The minimum absolute atomic E-state index is 0.250. The summed E-state index contributed by atoms with van der Waals surface area (Å²) in [7, 11) is 0. The van der Waals surface area contributed by atoms with Gasteiger partial charge in [-0.2, -0.15) is 5.10 Å². The summed E-state index contributed by atoms with van der Waals surface area (Å²) in [4.78, 5) is 17.0. The van der Waals surface area contributed by atoms with Gasteiger partial charge in [0, 0.05) is 12.1 Å². The maximum Gasteiger partial charge on any atom is 0.290 e. The van der Waals surface area contributed by atoms with Crippen molar-refractivity contribution in [2.24, 2.45) is 0 Å². The Labute approximate surface area is 125 Å². The first-order chi connectivity index (χ1) is 10.2. The summed E-state index contributed by atoms with van der Waals surface area (Å²) in [5.41, 5.74) is 7.66. The van der Waals surface area contributed by atoms with Crippen LogP contribution in [0.15, 0.2) is 24.5 Å². The van der Waals surface area contributed by atoms with Crippen molar-refractivity contribution in [3.05, 3.63) is 24.5 Å². The average Bonchev–Trinajstić information content (AvgIpc) is 3.04. The van der Waals surface area contributed by atoms with Gasteiger partial charge < -0.3 is 10.8 Å². The first-order valence-electron chi connectivity index (χ1n) is 6.31. The highest BCUT2D eigenvalue weighted by atomic mass is 32.1. The highest BCUT2D eigenvalue weighted by Crippen LogP contribution is 2.27. The monoisotopic (exact) mass is 305 g/mol. The Morgan fingerprint density at radius 2 is 2.24 bits per heavy atom. The van der Waals surface area contributed by atoms with Gasteiger partial charge in [-0.25, -0.2) is 14.6 Å². The van der Waals surface area contributed by atoms with E-state index in [1.165, 1.54) is 11.3 Å². The molecule has 110 valence electrons. The Balaban J connectivity index is 0.000000497. The van der Waals surface area contributed by atoms with Crippen molar-refractivity contribution in [3.63, 3.8) is 0 Å². The molecule has 0 fully saturated rings. The van der Waals surface area contributed by atoms with E-state index in [1.807, 2.05) is 22.9 Å². The molecule has 0 aliphatic heterocycles. The van der Waals surface area contributed by atoms with Crippen LogP contribution in [0.1, 0.15) is 13.3 Å². The van der Waals surface area contributed by atoms with E-state index in [0.717, 1.165) is 34.6 Å². The van der Waals surface area contributed by atoms with Gasteiger partial charge in [0.1, 0.15) is 6.33 Å². The zero-order chi connectivity index (χ0) is 15.2. The number of thiazole rings is 1. The van der Waals surface area contributed by atoms with Crippen LogP contribution in [0.25, 0.3) is 21.6 Å². The van der Waals surface area contributed by atoms with Crippen LogP contribution in [-0.2, 0) is 11.3 Å². The van der Waals surface area contributed by atoms with Crippen molar-refractivity contribution in [1.29, 1.82) is 0 Å². The molecule has 0 saturated carbocycles. The summed E-state index contributed by atoms with van der Waals surface area (Å²) in [6, 6.07) is 6.08. The van der Waals surface area contributed by atoms with E-state index in [9.17, 15) is 0 Å². The number of benzene rings is 1. The second-order valence-electron chi connectivity index (χ2n) is 4.15. The van der Waals surface area contributed by atoms with Gasteiger partial charge in [0.05, 0.1) is 10.2 Å². The Hall–Kier alpha value is -2.48. The molecule has 8 heteroatoms.